The molecule has 0 saturated carbocycles. The Labute approximate surface area is 120 Å². The van der Waals surface area contributed by atoms with Gasteiger partial charge in [0.15, 0.2) is 9.84 Å². The first kappa shape index (κ1) is 15.0. The number of aromatic nitrogens is 2. The van der Waals surface area contributed by atoms with E-state index in [-0.39, 0.29) is 17.5 Å². The molecule has 1 aliphatic rings. The molecule has 1 aromatic rings. The minimum atomic E-state index is -2.88. The van der Waals surface area contributed by atoms with E-state index in [2.05, 4.69) is 34.0 Å². The molecule has 7 heteroatoms. The smallest absolute Gasteiger partial charge is 0.152 e. The van der Waals surface area contributed by atoms with Crippen molar-refractivity contribution in [2.24, 2.45) is 0 Å². The van der Waals surface area contributed by atoms with Crippen molar-refractivity contribution in [2.45, 2.75) is 33.2 Å². The normalized spacial score (nSPS) is 20.9. The molecule has 2 heterocycles. The van der Waals surface area contributed by atoms with Crippen molar-refractivity contribution in [3.63, 3.8) is 0 Å². The van der Waals surface area contributed by atoms with Crippen molar-refractivity contribution in [3.05, 3.63) is 11.9 Å². The molecule has 1 saturated heterocycles. The topological polar surface area (TPSA) is 75.2 Å². The number of hydrogen-bond donors (Lipinski definition) is 1. The lowest BCUT2D eigenvalue weighted by Crippen LogP contribution is -2.25. The van der Waals surface area contributed by atoms with Crippen LogP contribution in [0.4, 0.5) is 11.6 Å². The highest BCUT2D eigenvalue weighted by Gasteiger charge is 2.28. The van der Waals surface area contributed by atoms with Gasteiger partial charge in [-0.3, -0.25) is 0 Å². The third-order valence-electron chi connectivity index (χ3n) is 3.50. The second-order valence-electron chi connectivity index (χ2n) is 5.08. The van der Waals surface area contributed by atoms with Crippen LogP contribution >= 0.6 is 0 Å². The summed E-state index contributed by atoms with van der Waals surface area (Å²) >= 11 is 0. The van der Waals surface area contributed by atoms with Gasteiger partial charge in [0.05, 0.1) is 11.5 Å². The molecule has 1 aliphatic heterocycles. The fraction of sp³-hybridized carbons (Fsp3) is 0.692. The molecule has 1 fully saturated rings. The second kappa shape index (κ2) is 5.95. The van der Waals surface area contributed by atoms with E-state index < -0.39 is 9.84 Å². The first-order chi connectivity index (χ1) is 9.43. The average Bonchev–Trinajstić information content (AvgIpc) is 2.69. The van der Waals surface area contributed by atoms with Crippen LogP contribution in [0.15, 0.2) is 6.07 Å². The lowest BCUT2D eigenvalue weighted by molar-refractivity contribution is 0.602. The molecular weight excluding hydrogens is 276 g/mol. The molecule has 1 atom stereocenters. The quantitative estimate of drug-likeness (QED) is 0.881. The Morgan fingerprint density at radius 3 is 2.60 bits per heavy atom. The number of aryl methyl sites for hydroxylation is 1. The van der Waals surface area contributed by atoms with E-state index in [1.165, 1.54) is 0 Å². The predicted octanol–water partition coefficient (Wildman–Crippen LogP) is 1.23. The minimum Gasteiger partial charge on any atom is -0.366 e. The maximum atomic E-state index is 11.5. The summed E-state index contributed by atoms with van der Waals surface area (Å²) in [5.74, 6) is 2.74. The molecule has 20 heavy (non-hydrogen) atoms. The monoisotopic (exact) mass is 298 g/mol. The molecule has 6 nitrogen and oxygen atoms in total. The number of nitrogens with one attached hydrogen (secondary N) is 1. The lowest BCUT2D eigenvalue weighted by Gasteiger charge is -2.21. The van der Waals surface area contributed by atoms with E-state index in [9.17, 15) is 8.42 Å². The number of nitrogens with zero attached hydrogens (tertiary/aromatic N) is 3. The van der Waals surface area contributed by atoms with E-state index in [1.807, 2.05) is 13.0 Å². The highest BCUT2D eigenvalue weighted by atomic mass is 32.2. The summed E-state index contributed by atoms with van der Waals surface area (Å²) in [6, 6.07) is 1.85. The van der Waals surface area contributed by atoms with Crippen LogP contribution in [0, 0.1) is 6.92 Å². The zero-order chi connectivity index (χ0) is 14.8. The van der Waals surface area contributed by atoms with E-state index in [1.54, 1.807) is 0 Å². The summed E-state index contributed by atoms with van der Waals surface area (Å²) < 4.78 is 23.0. The van der Waals surface area contributed by atoms with Gasteiger partial charge in [-0.05, 0) is 27.2 Å². The Morgan fingerprint density at radius 1 is 1.35 bits per heavy atom. The summed E-state index contributed by atoms with van der Waals surface area (Å²) in [5.41, 5.74) is 0. The van der Waals surface area contributed by atoms with Crippen molar-refractivity contribution in [3.8, 4) is 0 Å². The number of anilines is 2. The summed E-state index contributed by atoms with van der Waals surface area (Å²) in [5, 5.41) is 3.22. The largest absolute Gasteiger partial charge is 0.366 e. The van der Waals surface area contributed by atoms with Gasteiger partial charge < -0.3 is 10.2 Å². The third-order valence-corrected chi connectivity index (χ3v) is 5.26. The Morgan fingerprint density at radius 2 is 2.05 bits per heavy atom. The van der Waals surface area contributed by atoms with Crippen LogP contribution in [0.5, 0.6) is 0 Å². The van der Waals surface area contributed by atoms with Gasteiger partial charge in [-0.2, -0.15) is 0 Å². The Kier molecular flexibility index (Phi) is 4.47. The fourth-order valence-electron chi connectivity index (χ4n) is 2.45. The molecule has 0 spiro atoms. The van der Waals surface area contributed by atoms with Crippen LogP contribution in [0.1, 0.15) is 26.1 Å². The molecular formula is C13H22N4O2S. The Balaban J connectivity index is 2.16. The Bertz CT molecular complexity index is 570. The van der Waals surface area contributed by atoms with Gasteiger partial charge in [0, 0.05) is 25.2 Å². The van der Waals surface area contributed by atoms with E-state index in [4.69, 9.17) is 0 Å². The van der Waals surface area contributed by atoms with Gasteiger partial charge in [0.25, 0.3) is 0 Å². The van der Waals surface area contributed by atoms with Crippen LogP contribution in [-0.4, -0.2) is 49.0 Å². The first-order valence-electron chi connectivity index (χ1n) is 7.01. The van der Waals surface area contributed by atoms with E-state index in [0.29, 0.717) is 18.1 Å². The minimum absolute atomic E-state index is 0.0427. The van der Waals surface area contributed by atoms with E-state index >= 15 is 0 Å². The molecule has 0 radical (unpaired) electrons. The van der Waals surface area contributed by atoms with Gasteiger partial charge in [0.2, 0.25) is 0 Å². The van der Waals surface area contributed by atoms with Gasteiger partial charge in [0.1, 0.15) is 17.5 Å². The molecule has 1 N–H and O–H groups in total. The summed E-state index contributed by atoms with van der Waals surface area (Å²) in [6.45, 7) is 7.77. The van der Waals surface area contributed by atoms with Crippen molar-refractivity contribution >= 4 is 21.5 Å². The standard InChI is InChI=1S/C13H22N4O2S/c1-4-17(5-2)13-8-12(14-10(3)15-13)16-11-6-7-20(18,19)9-11/h8,11H,4-7,9H2,1-3H3,(H,14,15,16). The van der Waals surface area contributed by atoms with Gasteiger partial charge >= 0.3 is 0 Å². The second-order valence-corrected chi connectivity index (χ2v) is 7.30. The van der Waals surface area contributed by atoms with Crippen LogP contribution in [0.25, 0.3) is 0 Å². The highest BCUT2D eigenvalue weighted by molar-refractivity contribution is 7.91. The van der Waals surface area contributed by atoms with Gasteiger partial charge in [-0.1, -0.05) is 0 Å². The van der Waals surface area contributed by atoms with Crippen molar-refractivity contribution in [1.29, 1.82) is 0 Å². The molecule has 1 aromatic heterocycles. The fourth-order valence-corrected chi connectivity index (χ4v) is 4.13. The molecule has 0 bridgehead atoms. The number of sulfone groups is 1. The molecule has 0 amide bonds. The predicted molar refractivity (Wildman–Crippen MR) is 81.0 cm³/mol. The SMILES string of the molecule is CCN(CC)c1cc(NC2CCS(=O)(=O)C2)nc(C)n1. The molecule has 1 unspecified atom stereocenters. The van der Waals surface area contributed by atoms with Crippen molar-refractivity contribution in [2.75, 3.05) is 34.8 Å². The average molecular weight is 298 g/mol. The summed E-state index contributed by atoms with van der Waals surface area (Å²) in [7, 11) is -2.88. The zero-order valence-electron chi connectivity index (χ0n) is 12.3. The van der Waals surface area contributed by atoms with Crippen molar-refractivity contribution in [1.82, 2.24) is 9.97 Å². The van der Waals surface area contributed by atoms with Crippen LogP contribution in [0.2, 0.25) is 0 Å². The van der Waals surface area contributed by atoms with Gasteiger partial charge in [-0.15, -0.1) is 0 Å². The summed E-state index contributed by atoms with van der Waals surface area (Å²) in [4.78, 5) is 10.9. The number of hydrogen-bond acceptors (Lipinski definition) is 6. The number of rotatable bonds is 5. The summed E-state index contributed by atoms with van der Waals surface area (Å²) in [6.07, 6.45) is 0.645. The maximum Gasteiger partial charge on any atom is 0.152 e. The third kappa shape index (κ3) is 3.59. The van der Waals surface area contributed by atoms with Crippen LogP contribution in [-0.2, 0) is 9.84 Å². The van der Waals surface area contributed by atoms with Crippen molar-refractivity contribution < 1.29 is 8.42 Å². The van der Waals surface area contributed by atoms with Crippen LogP contribution < -0.4 is 10.2 Å². The first-order valence-corrected chi connectivity index (χ1v) is 8.83. The molecule has 0 aliphatic carbocycles. The van der Waals surface area contributed by atoms with E-state index in [0.717, 1.165) is 18.9 Å². The highest BCUT2D eigenvalue weighted by Crippen LogP contribution is 2.20. The lowest BCUT2D eigenvalue weighted by atomic mass is 10.2. The molecule has 2 rings (SSSR count). The molecule has 112 valence electrons. The zero-order valence-corrected chi connectivity index (χ0v) is 13.1. The maximum absolute atomic E-state index is 11.5. The van der Waals surface area contributed by atoms with Gasteiger partial charge in [-0.25, -0.2) is 18.4 Å². The molecule has 0 aromatic carbocycles. The Hall–Kier alpha value is -1.37. The van der Waals surface area contributed by atoms with Crippen LogP contribution in [0.3, 0.4) is 0 Å².